The average Bonchev–Trinajstić information content (AvgIpc) is 2.45. The second kappa shape index (κ2) is 6.94. The zero-order valence-electron chi connectivity index (χ0n) is 13.9. The minimum Gasteiger partial charge on any atom is -0.368 e. The quantitative estimate of drug-likeness (QED) is 0.759. The van der Waals surface area contributed by atoms with Gasteiger partial charge in [0.2, 0.25) is 5.91 Å². The van der Waals surface area contributed by atoms with Crippen molar-refractivity contribution in [3.63, 3.8) is 0 Å². The molecule has 0 aromatic rings. The van der Waals surface area contributed by atoms with Crippen molar-refractivity contribution in [2.45, 2.75) is 52.1 Å². The number of primary amides is 1. The van der Waals surface area contributed by atoms with Crippen LogP contribution in [-0.4, -0.2) is 17.5 Å². The van der Waals surface area contributed by atoms with Crippen LogP contribution in [0.3, 0.4) is 0 Å². The lowest BCUT2D eigenvalue weighted by Crippen LogP contribution is -2.62. The van der Waals surface area contributed by atoms with Crippen molar-refractivity contribution in [2.75, 3.05) is 0 Å². The number of nitrogens with two attached hydrogens (primary N) is 1. The van der Waals surface area contributed by atoms with Crippen LogP contribution < -0.4 is 11.1 Å². The Kier molecular flexibility index (Phi) is 5.74. The predicted octanol–water partition coefficient (Wildman–Crippen LogP) is 2.11. The van der Waals surface area contributed by atoms with Gasteiger partial charge in [-0.05, 0) is 31.6 Å². The van der Waals surface area contributed by atoms with E-state index in [4.69, 9.17) is 5.73 Å². The fourth-order valence-electron chi connectivity index (χ4n) is 3.27. The Hall–Kier alpha value is -1.85. The lowest BCUT2D eigenvalue weighted by molar-refractivity contribution is -0.121. The second-order valence-corrected chi connectivity index (χ2v) is 6.86. The molecule has 1 amide bonds. The monoisotopic (exact) mass is 302 g/mol. The van der Waals surface area contributed by atoms with Crippen LogP contribution in [0.25, 0.3) is 0 Å². The number of allylic oxidation sites excluding steroid dienone is 1. The highest BCUT2D eigenvalue weighted by Gasteiger charge is 2.49. The van der Waals surface area contributed by atoms with Gasteiger partial charge in [-0.1, -0.05) is 32.9 Å². The Balaban J connectivity index is 3.21. The van der Waals surface area contributed by atoms with Crippen molar-refractivity contribution in [1.82, 2.24) is 5.32 Å². The summed E-state index contributed by atoms with van der Waals surface area (Å²) in [5.74, 6) is -0.834. The summed E-state index contributed by atoms with van der Waals surface area (Å²) < 4.78 is 0. The Bertz CT molecular complexity index is 528. The Labute approximate surface area is 133 Å². The molecular weight excluding hydrogens is 276 g/mol. The third-order valence-electron chi connectivity index (χ3n) is 4.94. The van der Waals surface area contributed by atoms with Gasteiger partial charge < -0.3 is 5.73 Å². The smallest absolute Gasteiger partial charge is 0.234 e. The lowest BCUT2D eigenvalue weighted by atomic mass is 9.63. The number of carbonyl (C=O) groups excluding carboxylic acids is 1. The van der Waals surface area contributed by atoms with Crippen LogP contribution in [0.1, 0.15) is 40.5 Å². The zero-order chi connectivity index (χ0) is 17.1. The molecule has 1 fully saturated rings. The highest BCUT2D eigenvalue weighted by Crippen LogP contribution is 2.43. The number of nitriles is 2. The van der Waals surface area contributed by atoms with E-state index in [0.29, 0.717) is 12.8 Å². The van der Waals surface area contributed by atoms with E-state index in [1.165, 1.54) is 0 Å². The number of nitrogens with zero attached hydrogens (tertiary/aromatic N) is 2. The molecule has 0 spiro atoms. The maximum atomic E-state index is 11.7. The van der Waals surface area contributed by atoms with E-state index in [9.17, 15) is 15.3 Å². The van der Waals surface area contributed by atoms with Crippen LogP contribution in [0.4, 0.5) is 0 Å². The van der Waals surface area contributed by atoms with Gasteiger partial charge in [0.25, 0.3) is 0 Å². The maximum Gasteiger partial charge on any atom is 0.234 e. The summed E-state index contributed by atoms with van der Waals surface area (Å²) in [6, 6.07) is 4.06. The third-order valence-corrected chi connectivity index (χ3v) is 4.94. The Morgan fingerprint density at radius 2 is 2.05 bits per heavy atom. The van der Waals surface area contributed by atoms with E-state index >= 15 is 0 Å². The van der Waals surface area contributed by atoms with Crippen LogP contribution in [0.15, 0.2) is 12.2 Å². The molecule has 0 aromatic heterocycles. The number of nitrogens with one attached hydrogen (secondary N) is 1. The molecule has 0 aromatic carbocycles. The first-order valence-corrected chi connectivity index (χ1v) is 7.71. The van der Waals surface area contributed by atoms with Crippen molar-refractivity contribution in [3.8, 4) is 12.1 Å². The largest absolute Gasteiger partial charge is 0.368 e. The summed E-state index contributed by atoms with van der Waals surface area (Å²) in [5.41, 5.74) is 5.51. The maximum absolute atomic E-state index is 11.7. The van der Waals surface area contributed by atoms with Gasteiger partial charge in [-0.3, -0.25) is 10.1 Å². The summed E-state index contributed by atoms with van der Waals surface area (Å²) in [5, 5.41) is 22.5. The first-order valence-electron chi connectivity index (χ1n) is 7.71. The standard InChI is InChI=1S/C17H26N4O/c1-10(2)13-6-14(8-18)12(5)17(7-13,9-19)21-15(11(3)4)16(20)22/h11-15,21H,1,6-7H2,2-5H3,(H2,20,22)/t12-,13+,14+,15-,17+/m1/s1. The highest BCUT2D eigenvalue weighted by atomic mass is 16.1. The molecule has 5 heteroatoms. The zero-order valence-corrected chi connectivity index (χ0v) is 13.9. The SMILES string of the molecule is C=C(C)[C@H]1C[C@@H](C#N)[C@@H](C)[C@](C#N)(N[C@@H](C(N)=O)C(C)C)C1. The summed E-state index contributed by atoms with van der Waals surface area (Å²) in [4.78, 5) is 11.7. The molecule has 3 N–H and O–H groups in total. The molecule has 5 nitrogen and oxygen atoms in total. The number of hydrogen-bond acceptors (Lipinski definition) is 4. The highest BCUT2D eigenvalue weighted by molar-refractivity contribution is 5.80. The van der Waals surface area contributed by atoms with Crippen molar-refractivity contribution >= 4 is 5.91 Å². The number of rotatable bonds is 5. The molecule has 120 valence electrons. The van der Waals surface area contributed by atoms with E-state index in [0.717, 1.165) is 5.57 Å². The number of hydrogen-bond donors (Lipinski definition) is 2. The second-order valence-electron chi connectivity index (χ2n) is 6.86. The van der Waals surface area contributed by atoms with Gasteiger partial charge >= 0.3 is 0 Å². The lowest BCUT2D eigenvalue weighted by Gasteiger charge is -2.46. The number of amides is 1. The molecule has 1 saturated carbocycles. The van der Waals surface area contributed by atoms with Gasteiger partial charge in [0, 0.05) is 5.92 Å². The van der Waals surface area contributed by atoms with Crippen molar-refractivity contribution in [3.05, 3.63) is 12.2 Å². The van der Waals surface area contributed by atoms with Crippen LogP contribution >= 0.6 is 0 Å². The summed E-state index contributed by atoms with van der Waals surface area (Å²) in [6.45, 7) is 11.6. The van der Waals surface area contributed by atoms with E-state index in [1.54, 1.807) is 0 Å². The van der Waals surface area contributed by atoms with Crippen molar-refractivity contribution in [2.24, 2.45) is 29.4 Å². The molecule has 0 bridgehead atoms. The minimum absolute atomic E-state index is 0.0272. The summed E-state index contributed by atoms with van der Waals surface area (Å²) in [6.07, 6.45) is 1.26. The number of carbonyl (C=O) groups is 1. The molecule has 0 heterocycles. The molecule has 1 aliphatic carbocycles. The Morgan fingerprint density at radius 1 is 1.45 bits per heavy atom. The van der Waals surface area contributed by atoms with E-state index in [1.807, 2.05) is 27.7 Å². The van der Waals surface area contributed by atoms with Crippen LogP contribution in [0.2, 0.25) is 0 Å². The molecule has 0 saturated heterocycles. The topological polar surface area (TPSA) is 103 Å². The molecule has 0 unspecified atom stereocenters. The first-order chi connectivity index (χ1) is 10.2. The van der Waals surface area contributed by atoms with Gasteiger partial charge in [0.15, 0.2) is 0 Å². The van der Waals surface area contributed by atoms with Gasteiger partial charge in [-0.25, -0.2) is 0 Å². The molecule has 0 aliphatic heterocycles. The van der Waals surface area contributed by atoms with E-state index in [2.05, 4.69) is 24.0 Å². The van der Waals surface area contributed by atoms with Gasteiger partial charge in [0.05, 0.1) is 24.1 Å². The molecule has 0 radical (unpaired) electrons. The average molecular weight is 302 g/mol. The molecule has 1 aliphatic rings. The van der Waals surface area contributed by atoms with Crippen LogP contribution in [0.5, 0.6) is 0 Å². The molecule has 22 heavy (non-hydrogen) atoms. The Morgan fingerprint density at radius 3 is 2.41 bits per heavy atom. The predicted molar refractivity (Wildman–Crippen MR) is 85.1 cm³/mol. The summed E-state index contributed by atoms with van der Waals surface area (Å²) >= 11 is 0. The fourth-order valence-corrected chi connectivity index (χ4v) is 3.27. The summed E-state index contributed by atoms with van der Waals surface area (Å²) in [7, 11) is 0. The van der Waals surface area contributed by atoms with E-state index in [-0.39, 0.29) is 23.7 Å². The van der Waals surface area contributed by atoms with Gasteiger partial charge in [0.1, 0.15) is 5.54 Å². The molecular formula is C17H26N4O. The molecule has 5 atom stereocenters. The fraction of sp³-hybridized carbons (Fsp3) is 0.706. The third kappa shape index (κ3) is 3.48. The van der Waals surface area contributed by atoms with Gasteiger partial charge in [-0.15, -0.1) is 0 Å². The van der Waals surface area contributed by atoms with E-state index < -0.39 is 17.5 Å². The molecule has 1 rings (SSSR count). The first kappa shape index (κ1) is 18.2. The van der Waals surface area contributed by atoms with Crippen molar-refractivity contribution < 1.29 is 4.79 Å². The van der Waals surface area contributed by atoms with Crippen LogP contribution in [-0.2, 0) is 4.79 Å². The minimum atomic E-state index is -0.938. The van der Waals surface area contributed by atoms with Gasteiger partial charge in [-0.2, -0.15) is 10.5 Å². The normalized spacial score (nSPS) is 32.8. The van der Waals surface area contributed by atoms with Crippen LogP contribution in [0, 0.1) is 46.3 Å². The van der Waals surface area contributed by atoms with Crippen molar-refractivity contribution in [1.29, 1.82) is 10.5 Å².